The van der Waals surface area contributed by atoms with Crippen molar-refractivity contribution in [2.24, 2.45) is 0 Å². The summed E-state index contributed by atoms with van der Waals surface area (Å²) in [4.78, 5) is 0. The maximum Gasteiger partial charge on any atom is 0.416 e. The predicted octanol–water partition coefficient (Wildman–Crippen LogP) is 5.28. The van der Waals surface area contributed by atoms with Crippen molar-refractivity contribution in [3.8, 4) is 11.8 Å². The molecule has 0 spiro atoms. The van der Waals surface area contributed by atoms with Crippen LogP contribution in [0.3, 0.4) is 0 Å². The van der Waals surface area contributed by atoms with E-state index in [1.54, 1.807) is 0 Å². The van der Waals surface area contributed by atoms with E-state index in [-0.39, 0.29) is 27.0 Å². The first-order valence-electron chi connectivity index (χ1n) is 6.77. The molecule has 1 aromatic heterocycles. The molecule has 0 atom stereocenters. The molecule has 0 saturated carbocycles. The lowest BCUT2D eigenvalue weighted by molar-refractivity contribution is -0.137. The molecular formula is C15H13Cl2F3N4. The minimum Gasteiger partial charge on any atom is -0.365 e. The minimum atomic E-state index is -4.57. The summed E-state index contributed by atoms with van der Waals surface area (Å²) in [5.41, 5.74) is -1.19. The highest BCUT2D eigenvalue weighted by Crippen LogP contribution is 2.38. The third-order valence-corrected chi connectivity index (χ3v) is 3.46. The topological polar surface area (TPSA) is 53.6 Å². The van der Waals surface area contributed by atoms with Gasteiger partial charge in [0.1, 0.15) is 17.6 Å². The van der Waals surface area contributed by atoms with E-state index in [9.17, 15) is 13.2 Å². The molecule has 1 aromatic carbocycles. The lowest BCUT2D eigenvalue weighted by Crippen LogP contribution is -2.27. The van der Waals surface area contributed by atoms with E-state index in [1.165, 1.54) is 10.7 Å². The van der Waals surface area contributed by atoms with Crippen molar-refractivity contribution in [2.75, 3.05) is 5.32 Å². The molecule has 0 saturated heterocycles. The molecule has 9 heteroatoms. The van der Waals surface area contributed by atoms with Crippen molar-refractivity contribution in [1.29, 1.82) is 5.26 Å². The van der Waals surface area contributed by atoms with Crippen LogP contribution < -0.4 is 5.32 Å². The second-order valence-corrected chi connectivity index (χ2v) is 6.91. The van der Waals surface area contributed by atoms with E-state index in [2.05, 4.69) is 10.4 Å². The number of anilines is 1. The second-order valence-electron chi connectivity index (χ2n) is 6.10. The Bertz CT molecular complexity index is 791. The van der Waals surface area contributed by atoms with E-state index >= 15 is 0 Å². The monoisotopic (exact) mass is 376 g/mol. The van der Waals surface area contributed by atoms with Gasteiger partial charge in [0.25, 0.3) is 0 Å². The molecule has 2 rings (SSSR count). The molecule has 24 heavy (non-hydrogen) atoms. The lowest BCUT2D eigenvalue weighted by Gasteiger charge is -2.23. The number of benzene rings is 1. The van der Waals surface area contributed by atoms with Gasteiger partial charge in [0, 0.05) is 11.6 Å². The zero-order valence-corrected chi connectivity index (χ0v) is 14.5. The fraction of sp³-hybridized carbons (Fsp3) is 0.333. The Morgan fingerprint density at radius 3 is 2.08 bits per heavy atom. The summed E-state index contributed by atoms with van der Waals surface area (Å²) in [5.74, 6) is 0.391. The Hall–Kier alpha value is -1.91. The van der Waals surface area contributed by atoms with Gasteiger partial charge in [-0.15, -0.1) is 0 Å². The van der Waals surface area contributed by atoms with E-state index in [1.807, 2.05) is 26.8 Å². The third kappa shape index (κ3) is 3.94. The zero-order chi connectivity index (χ0) is 18.3. The normalized spacial score (nSPS) is 12.1. The Labute approximate surface area is 146 Å². The summed E-state index contributed by atoms with van der Waals surface area (Å²) < 4.78 is 39.8. The average molecular weight is 377 g/mol. The standard InChI is InChI=1S/C15H13Cl2F3N4/c1-14(2,3)22-12-6-9(7-21)23-24(12)13-10(16)4-8(5-11(13)17)15(18,19)20/h4-6,22H,1-3H3. The summed E-state index contributed by atoms with van der Waals surface area (Å²) >= 11 is 12.0. The maximum atomic E-state index is 12.8. The van der Waals surface area contributed by atoms with Gasteiger partial charge in [0.15, 0.2) is 5.69 Å². The van der Waals surface area contributed by atoms with Gasteiger partial charge in [-0.2, -0.15) is 23.5 Å². The number of hydrogen-bond acceptors (Lipinski definition) is 3. The molecule has 0 unspecified atom stereocenters. The van der Waals surface area contributed by atoms with Crippen LogP contribution in [0.15, 0.2) is 18.2 Å². The summed E-state index contributed by atoms with van der Waals surface area (Å²) in [7, 11) is 0. The third-order valence-electron chi connectivity index (χ3n) is 2.88. The van der Waals surface area contributed by atoms with Crippen LogP contribution in [-0.4, -0.2) is 15.3 Å². The molecule has 0 bridgehead atoms. The Morgan fingerprint density at radius 2 is 1.67 bits per heavy atom. The Kier molecular flexibility index (Phi) is 4.75. The smallest absolute Gasteiger partial charge is 0.365 e. The van der Waals surface area contributed by atoms with Gasteiger partial charge < -0.3 is 5.32 Å². The molecule has 128 valence electrons. The summed E-state index contributed by atoms with van der Waals surface area (Å²) in [6.07, 6.45) is -4.57. The van der Waals surface area contributed by atoms with Crippen molar-refractivity contribution in [3.05, 3.63) is 39.5 Å². The summed E-state index contributed by atoms with van der Waals surface area (Å²) in [6.45, 7) is 5.64. The predicted molar refractivity (Wildman–Crippen MR) is 86.7 cm³/mol. The van der Waals surface area contributed by atoms with Gasteiger partial charge in [0.05, 0.1) is 15.6 Å². The SMILES string of the molecule is CC(C)(C)Nc1cc(C#N)nn1-c1c(Cl)cc(C(F)(F)F)cc1Cl. The highest BCUT2D eigenvalue weighted by Gasteiger charge is 2.32. The number of halogens is 5. The molecule has 2 aromatic rings. The van der Waals surface area contributed by atoms with Crippen molar-refractivity contribution in [2.45, 2.75) is 32.5 Å². The average Bonchev–Trinajstić information content (AvgIpc) is 2.77. The number of rotatable bonds is 2. The number of nitriles is 1. The van der Waals surface area contributed by atoms with Crippen molar-refractivity contribution < 1.29 is 13.2 Å². The Morgan fingerprint density at radius 1 is 1.12 bits per heavy atom. The van der Waals surface area contributed by atoms with Crippen LogP contribution in [0.1, 0.15) is 32.0 Å². The largest absolute Gasteiger partial charge is 0.416 e. The van der Waals surface area contributed by atoms with Crippen LogP contribution in [0.4, 0.5) is 19.0 Å². The number of nitrogens with one attached hydrogen (secondary N) is 1. The quantitative estimate of drug-likeness (QED) is 0.775. The molecule has 1 N–H and O–H groups in total. The molecule has 1 heterocycles. The molecule has 0 aliphatic heterocycles. The fourth-order valence-corrected chi connectivity index (χ4v) is 2.66. The van der Waals surface area contributed by atoms with Gasteiger partial charge in [-0.3, -0.25) is 0 Å². The van der Waals surface area contributed by atoms with Crippen LogP contribution in [0.5, 0.6) is 0 Å². The Balaban J connectivity index is 2.65. The number of nitrogens with zero attached hydrogens (tertiary/aromatic N) is 3. The summed E-state index contributed by atoms with van der Waals surface area (Å²) in [6, 6.07) is 4.90. The first-order valence-corrected chi connectivity index (χ1v) is 7.53. The number of alkyl halides is 3. The number of aromatic nitrogens is 2. The summed E-state index contributed by atoms with van der Waals surface area (Å²) in [5, 5.41) is 15.7. The van der Waals surface area contributed by atoms with Crippen molar-refractivity contribution in [1.82, 2.24) is 9.78 Å². The first kappa shape index (κ1) is 18.4. The molecule has 0 aliphatic carbocycles. The second kappa shape index (κ2) is 6.19. The molecule has 0 fully saturated rings. The van der Waals surface area contributed by atoms with E-state index < -0.39 is 11.7 Å². The molecule has 0 radical (unpaired) electrons. The van der Waals surface area contributed by atoms with Gasteiger partial charge >= 0.3 is 6.18 Å². The molecule has 0 aliphatic rings. The van der Waals surface area contributed by atoms with Crippen LogP contribution in [0, 0.1) is 11.3 Å². The molecular weight excluding hydrogens is 364 g/mol. The van der Waals surface area contributed by atoms with E-state index in [4.69, 9.17) is 28.5 Å². The van der Waals surface area contributed by atoms with Crippen LogP contribution in [0.2, 0.25) is 10.0 Å². The van der Waals surface area contributed by atoms with E-state index in [0.29, 0.717) is 5.82 Å². The van der Waals surface area contributed by atoms with Crippen molar-refractivity contribution >= 4 is 29.0 Å². The maximum absolute atomic E-state index is 12.8. The highest BCUT2D eigenvalue weighted by atomic mass is 35.5. The molecule has 4 nitrogen and oxygen atoms in total. The van der Waals surface area contributed by atoms with Crippen LogP contribution in [0.25, 0.3) is 5.69 Å². The van der Waals surface area contributed by atoms with Gasteiger partial charge in [-0.1, -0.05) is 23.2 Å². The molecule has 0 amide bonds. The van der Waals surface area contributed by atoms with Gasteiger partial charge in [-0.05, 0) is 32.9 Å². The van der Waals surface area contributed by atoms with Gasteiger partial charge in [-0.25, -0.2) is 4.68 Å². The highest BCUT2D eigenvalue weighted by molar-refractivity contribution is 6.38. The van der Waals surface area contributed by atoms with Crippen molar-refractivity contribution in [3.63, 3.8) is 0 Å². The zero-order valence-electron chi connectivity index (χ0n) is 13.0. The number of hydrogen-bond donors (Lipinski definition) is 1. The first-order chi connectivity index (χ1) is 10.9. The fourth-order valence-electron chi connectivity index (χ4n) is 2.01. The van der Waals surface area contributed by atoms with Crippen LogP contribution >= 0.6 is 23.2 Å². The van der Waals surface area contributed by atoms with Gasteiger partial charge in [0.2, 0.25) is 0 Å². The van der Waals surface area contributed by atoms with E-state index in [0.717, 1.165) is 12.1 Å². The van der Waals surface area contributed by atoms with Crippen LogP contribution in [-0.2, 0) is 6.18 Å². The lowest BCUT2D eigenvalue weighted by atomic mass is 10.1. The minimum absolute atomic E-state index is 0.0691.